The number of benzene rings is 2. The third-order valence-electron chi connectivity index (χ3n) is 5.25. The van der Waals surface area contributed by atoms with E-state index >= 15 is 0 Å². The number of esters is 1. The number of thioether (sulfide) groups is 1. The van der Waals surface area contributed by atoms with Crippen molar-refractivity contribution in [3.63, 3.8) is 0 Å². The molecule has 0 fully saturated rings. The Kier molecular flexibility index (Phi) is 7.97. The van der Waals surface area contributed by atoms with E-state index in [9.17, 15) is 9.59 Å². The molecule has 3 aromatic rings. The van der Waals surface area contributed by atoms with E-state index in [1.165, 1.54) is 23.1 Å². The fourth-order valence-electron chi connectivity index (χ4n) is 3.62. The summed E-state index contributed by atoms with van der Waals surface area (Å²) in [6.45, 7) is 2.12. The summed E-state index contributed by atoms with van der Waals surface area (Å²) in [6.07, 6.45) is 0.767. The molecule has 0 N–H and O–H groups in total. The zero-order valence-corrected chi connectivity index (χ0v) is 20.6. The van der Waals surface area contributed by atoms with Gasteiger partial charge >= 0.3 is 5.97 Å². The van der Waals surface area contributed by atoms with Crippen LogP contribution in [0.1, 0.15) is 36.2 Å². The number of aromatic nitrogens is 1. The Morgan fingerprint density at radius 2 is 1.91 bits per heavy atom. The maximum atomic E-state index is 13.2. The van der Waals surface area contributed by atoms with Crippen LogP contribution in [0.15, 0.2) is 69.4 Å². The first-order valence-electron chi connectivity index (χ1n) is 10.9. The number of methoxy groups -OCH3 is 1. The number of rotatable bonds is 9. The standard InChI is InChI=1S/C25H25N3O4S2/c1-3-32-24(30)13-19-15-33-25(26-19)34-16-23(29)28-22(18-9-11-20(31-2)12-10-18)14-21(27-28)17-7-5-4-6-8-17/h4-12,15,22H,3,13-14,16H2,1-2H3/t22-/m0/s1. The normalized spacial score (nSPS) is 15.2. The van der Waals surface area contributed by atoms with Gasteiger partial charge in [0, 0.05) is 11.8 Å². The van der Waals surface area contributed by atoms with E-state index in [2.05, 4.69) is 4.98 Å². The van der Waals surface area contributed by atoms with Crippen molar-refractivity contribution in [1.29, 1.82) is 0 Å². The van der Waals surface area contributed by atoms with Crippen LogP contribution in [-0.2, 0) is 20.7 Å². The molecule has 1 aliphatic heterocycles. The lowest BCUT2D eigenvalue weighted by atomic mass is 9.98. The van der Waals surface area contributed by atoms with Gasteiger partial charge in [-0.3, -0.25) is 9.59 Å². The molecule has 0 saturated heterocycles. The van der Waals surface area contributed by atoms with E-state index in [-0.39, 0.29) is 30.1 Å². The van der Waals surface area contributed by atoms with Crippen LogP contribution in [0.5, 0.6) is 5.75 Å². The number of hydrazone groups is 1. The van der Waals surface area contributed by atoms with Crippen molar-refractivity contribution < 1.29 is 19.1 Å². The van der Waals surface area contributed by atoms with Gasteiger partial charge in [0.2, 0.25) is 0 Å². The second kappa shape index (κ2) is 11.3. The lowest BCUT2D eigenvalue weighted by Crippen LogP contribution is -2.28. The summed E-state index contributed by atoms with van der Waals surface area (Å²) in [5.41, 5.74) is 3.54. The number of carbonyl (C=O) groups excluding carboxylic acids is 2. The van der Waals surface area contributed by atoms with Gasteiger partial charge in [0.15, 0.2) is 4.34 Å². The molecular weight excluding hydrogens is 470 g/mol. The summed E-state index contributed by atoms with van der Waals surface area (Å²) in [4.78, 5) is 29.4. The van der Waals surface area contributed by atoms with Crippen LogP contribution in [0.3, 0.4) is 0 Å². The molecule has 0 saturated carbocycles. The van der Waals surface area contributed by atoms with Crippen molar-refractivity contribution in [2.75, 3.05) is 19.5 Å². The Morgan fingerprint density at radius 3 is 2.62 bits per heavy atom. The number of hydrogen-bond donors (Lipinski definition) is 0. The minimum atomic E-state index is -0.303. The van der Waals surface area contributed by atoms with Gasteiger partial charge in [0.05, 0.1) is 43.3 Å². The molecular formula is C25H25N3O4S2. The smallest absolute Gasteiger partial charge is 0.311 e. The summed E-state index contributed by atoms with van der Waals surface area (Å²) < 4.78 is 11.0. The largest absolute Gasteiger partial charge is 0.497 e. The number of hydrogen-bond acceptors (Lipinski definition) is 8. The number of amides is 1. The highest BCUT2D eigenvalue weighted by Crippen LogP contribution is 2.34. The molecule has 2 heterocycles. The average Bonchev–Trinajstić information content (AvgIpc) is 3.51. The summed E-state index contributed by atoms with van der Waals surface area (Å²) in [6, 6.07) is 17.5. The second-order valence-corrected chi connectivity index (χ2v) is 9.60. The Morgan fingerprint density at radius 1 is 1.15 bits per heavy atom. The van der Waals surface area contributed by atoms with E-state index in [0.29, 0.717) is 18.7 Å². The van der Waals surface area contributed by atoms with Gasteiger partial charge in [-0.2, -0.15) is 5.10 Å². The molecule has 0 unspecified atom stereocenters. The Labute approximate surface area is 206 Å². The highest BCUT2D eigenvalue weighted by Gasteiger charge is 2.33. The molecule has 4 rings (SSSR count). The predicted octanol–water partition coefficient (Wildman–Crippen LogP) is 4.73. The van der Waals surface area contributed by atoms with Gasteiger partial charge in [-0.15, -0.1) is 11.3 Å². The lowest BCUT2D eigenvalue weighted by Gasteiger charge is -2.22. The molecule has 0 bridgehead atoms. The fraction of sp³-hybridized carbons (Fsp3) is 0.280. The maximum absolute atomic E-state index is 13.2. The number of nitrogens with zero attached hydrogens (tertiary/aromatic N) is 3. The molecule has 1 aromatic heterocycles. The molecule has 0 aliphatic carbocycles. The molecule has 34 heavy (non-hydrogen) atoms. The van der Waals surface area contributed by atoms with Gasteiger partial charge in [0.1, 0.15) is 5.75 Å². The minimum absolute atomic E-state index is 0.0982. The van der Waals surface area contributed by atoms with E-state index < -0.39 is 0 Å². The first kappa shape index (κ1) is 24.0. The average molecular weight is 496 g/mol. The van der Waals surface area contributed by atoms with E-state index in [1.54, 1.807) is 19.0 Å². The SMILES string of the molecule is CCOC(=O)Cc1csc(SCC(=O)N2N=C(c3ccccc3)C[C@H]2c2ccc(OC)cc2)n1. The van der Waals surface area contributed by atoms with Crippen LogP contribution in [-0.4, -0.2) is 47.1 Å². The highest BCUT2D eigenvalue weighted by molar-refractivity contribution is 8.01. The topological polar surface area (TPSA) is 81.1 Å². The highest BCUT2D eigenvalue weighted by atomic mass is 32.2. The molecule has 176 valence electrons. The first-order valence-corrected chi connectivity index (χ1v) is 12.8. The second-order valence-electron chi connectivity index (χ2n) is 7.52. The Hall–Kier alpha value is -3.17. The molecule has 9 heteroatoms. The fourth-order valence-corrected chi connectivity index (χ4v) is 5.31. The third kappa shape index (κ3) is 5.84. The van der Waals surface area contributed by atoms with Crippen molar-refractivity contribution in [3.05, 3.63) is 76.8 Å². The molecule has 1 atom stereocenters. The summed E-state index contributed by atoms with van der Waals surface area (Å²) >= 11 is 2.77. The van der Waals surface area contributed by atoms with E-state index in [1.807, 2.05) is 60.0 Å². The van der Waals surface area contributed by atoms with Crippen LogP contribution in [0.2, 0.25) is 0 Å². The summed E-state index contributed by atoms with van der Waals surface area (Å²) in [5.74, 6) is 0.563. The van der Waals surface area contributed by atoms with Crippen molar-refractivity contribution >= 4 is 40.7 Å². The van der Waals surface area contributed by atoms with Crippen LogP contribution in [0.25, 0.3) is 0 Å². The molecule has 0 radical (unpaired) electrons. The van der Waals surface area contributed by atoms with Crippen molar-refractivity contribution in [3.8, 4) is 5.75 Å². The zero-order chi connectivity index (χ0) is 23.9. The van der Waals surface area contributed by atoms with Crippen LogP contribution in [0, 0.1) is 0 Å². The predicted molar refractivity (Wildman–Crippen MR) is 133 cm³/mol. The van der Waals surface area contributed by atoms with Crippen molar-refractivity contribution in [1.82, 2.24) is 9.99 Å². The molecule has 0 spiro atoms. The van der Waals surface area contributed by atoms with Gasteiger partial charge in [0.25, 0.3) is 5.91 Å². The minimum Gasteiger partial charge on any atom is -0.497 e. The van der Waals surface area contributed by atoms with Crippen molar-refractivity contribution in [2.45, 2.75) is 30.1 Å². The van der Waals surface area contributed by atoms with Gasteiger partial charge in [-0.05, 0) is 30.2 Å². The third-order valence-corrected chi connectivity index (χ3v) is 7.31. The molecule has 1 amide bonds. The summed E-state index contributed by atoms with van der Waals surface area (Å²) in [5, 5.41) is 8.13. The van der Waals surface area contributed by atoms with E-state index in [4.69, 9.17) is 14.6 Å². The Bertz CT molecular complexity index is 1160. The van der Waals surface area contributed by atoms with Crippen LogP contribution >= 0.6 is 23.1 Å². The summed E-state index contributed by atoms with van der Waals surface area (Å²) in [7, 11) is 1.63. The van der Waals surface area contributed by atoms with E-state index in [0.717, 1.165) is 26.9 Å². The molecule has 2 aromatic carbocycles. The number of thiazole rings is 1. The quantitative estimate of drug-likeness (QED) is 0.315. The first-order chi connectivity index (χ1) is 16.6. The van der Waals surface area contributed by atoms with Crippen molar-refractivity contribution in [2.24, 2.45) is 5.10 Å². The molecule has 7 nitrogen and oxygen atoms in total. The number of ether oxygens (including phenoxy) is 2. The lowest BCUT2D eigenvalue weighted by molar-refractivity contribution is -0.142. The maximum Gasteiger partial charge on any atom is 0.311 e. The van der Waals surface area contributed by atoms with Gasteiger partial charge < -0.3 is 9.47 Å². The van der Waals surface area contributed by atoms with Gasteiger partial charge in [-0.1, -0.05) is 54.2 Å². The van der Waals surface area contributed by atoms with Gasteiger partial charge in [-0.25, -0.2) is 9.99 Å². The zero-order valence-electron chi connectivity index (χ0n) is 19.0. The number of carbonyl (C=O) groups is 2. The Balaban J connectivity index is 1.47. The molecule has 1 aliphatic rings. The van der Waals surface area contributed by atoms with Crippen LogP contribution < -0.4 is 4.74 Å². The van der Waals surface area contributed by atoms with Crippen LogP contribution in [0.4, 0.5) is 0 Å². The monoisotopic (exact) mass is 495 g/mol.